The first-order valence-corrected chi connectivity index (χ1v) is 8.55. The third-order valence-corrected chi connectivity index (χ3v) is 4.74. The molecule has 0 spiro atoms. The van der Waals surface area contributed by atoms with Gasteiger partial charge in [-0.2, -0.15) is 31.4 Å². The standard InChI is InChI=1S/C17H11F6N3OS/c1-9-6-7-28-14(9)15(27)24-10-2-4-11(5-3-10)26-13(17(21,22)23)8-12(25-26)16(18,19)20/h2-8H,1H3,(H,24,27). The lowest BCUT2D eigenvalue weighted by Crippen LogP contribution is -2.14. The molecule has 1 amide bonds. The highest BCUT2D eigenvalue weighted by molar-refractivity contribution is 7.12. The maximum Gasteiger partial charge on any atom is 0.435 e. The van der Waals surface area contributed by atoms with E-state index in [1.54, 1.807) is 18.4 Å². The first-order chi connectivity index (χ1) is 13.0. The third-order valence-electron chi connectivity index (χ3n) is 3.73. The Bertz CT molecular complexity index is 1000. The van der Waals surface area contributed by atoms with Crippen molar-refractivity contribution in [3.8, 4) is 5.69 Å². The van der Waals surface area contributed by atoms with Crippen molar-refractivity contribution >= 4 is 22.9 Å². The number of nitrogens with one attached hydrogen (secondary N) is 1. The van der Waals surface area contributed by atoms with Gasteiger partial charge in [0.05, 0.1) is 10.6 Å². The summed E-state index contributed by atoms with van der Waals surface area (Å²) >= 11 is 1.23. The van der Waals surface area contributed by atoms with Crippen molar-refractivity contribution in [2.45, 2.75) is 19.3 Å². The summed E-state index contributed by atoms with van der Waals surface area (Å²) in [6.07, 6.45) is -10.0. The van der Waals surface area contributed by atoms with Gasteiger partial charge in [0.1, 0.15) is 5.69 Å². The van der Waals surface area contributed by atoms with Crippen LogP contribution in [0.2, 0.25) is 0 Å². The van der Waals surface area contributed by atoms with Gasteiger partial charge in [-0.15, -0.1) is 11.3 Å². The summed E-state index contributed by atoms with van der Waals surface area (Å²) in [5.41, 5.74) is -2.38. The van der Waals surface area contributed by atoms with Crippen molar-refractivity contribution < 1.29 is 31.1 Å². The fourth-order valence-corrected chi connectivity index (χ4v) is 3.22. The van der Waals surface area contributed by atoms with Gasteiger partial charge >= 0.3 is 12.4 Å². The van der Waals surface area contributed by atoms with Crippen molar-refractivity contribution in [2.75, 3.05) is 5.32 Å². The smallest absolute Gasteiger partial charge is 0.321 e. The van der Waals surface area contributed by atoms with E-state index in [0.29, 0.717) is 4.88 Å². The van der Waals surface area contributed by atoms with E-state index in [4.69, 9.17) is 0 Å². The minimum Gasteiger partial charge on any atom is -0.321 e. The summed E-state index contributed by atoms with van der Waals surface area (Å²) in [5.74, 6) is -0.394. The number of hydrogen-bond acceptors (Lipinski definition) is 3. The van der Waals surface area contributed by atoms with Crippen LogP contribution in [0.15, 0.2) is 41.8 Å². The number of thiophene rings is 1. The molecule has 0 saturated carbocycles. The number of aryl methyl sites for hydroxylation is 1. The first kappa shape index (κ1) is 19.9. The maximum absolute atomic E-state index is 13.1. The van der Waals surface area contributed by atoms with Crippen LogP contribution in [0.1, 0.15) is 26.6 Å². The van der Waals surface area contributed by atoms with Gasteiger partial charge in [-0.1, -0.05) is 0 Å². The average Bonchev–Trinajstić information content (AvgIpc) is 3.21. The second-order valence-electron chi connectivity index (χ2n) is 5.76. The fraction of sp³-hybridized carbons (Fsp3) is 0.176. The molecule has 0 saturated heterocycles. The monoisotopic (exact) mass is 419 g/mol. The van der Waals surface area contributed by atoms with Crippen molar-refractivity contribution in [3.05, 3.63) is 63.6 Å². The van der Waals surface area contributed by atoms with Crippen molar-refractivity contribution in [3.63, 3.8) is 0 Å². The van der Waals surface area contributed by atoms with Gasteiger partial charge in [0, 0.05) is 11.8 Å². The van der Waals surface area contributed by atoms with Crippen LogP contribution in [0.25, 0.3) is 5.69 Å². The molecular weight excluding hydrogens is 408 g/mol. The van der Waals surface area contributed by atoms with Gasteiger partial charge in [0.2, 0.25) is 0 Å². The topological polar surface area (TPSA) is 46.9 Å². The van der Waals surface area contributed by atoms with Gasteiger partial charge < -0.3 is 5.32 Å². The van der Waals surface area contributed by atoms with Crippen molar-refractivity contribution in [1.82, 2.24) is 9.78 Å². The zero-order chi connectivity index (χ0) is 20.7. The Hall–Kier alpha value is -2.82. The summed E-state index contributed by atoms with van der Waals surface area (Å²) in [5, 5.41) is 7.36. The van der Waals surface area contributed by atoms with Gasteiger partial charge in [-0.25, -0.2) is 4.68 Å². The highest BCUT2D eigenvalue weighted by Crippen LogP contribution is 2.36. The predicted octanol–water partition coefficient (Wildman–Crippen LogP) is 5.53. The number of nitrogens with zero attached hydrogens (tertiary/aromatic N) is 2. The molecule has 11 heteroatoms. The quantitative estimate of drug-likeness (QED) is 0.568. The lowest BCUT2D eigenvalue weighted by molar-refractivity contribution is -0.143. The van der Waals surface area contributed by atoms with E-state index < -0.39 is 29.6 Å². The van der Waals surface area contributed by atoms with Crippen LogP contribution < -0.4 is 5.32 Å². The molecule has 0 aliphatic rings. The van der Waals surface area contributed by atoms with Crippen LogP contribution in [-0.4, -0.2) is 15.7 Å². The lowest BCUT2D eigenvalue weighted by atomic mass is 10.2. The third kappa shape index (κ3) is 4.03. The second-order valence-corrected chi connectivity index (χ2v) is 6.67. The second kappa shape index (κ2) is 6.97. The molecule has 2 heterocycles. The molecule has 3 rings (SSSR count). The summed E-state index contributed by atoms with van der Waals surface area (Å²) in [6.45, 7) is 1.75. The molecule has 2 aromatic heterocycles. The molecule has 4 nitrogen and oxygen atoms in total. The average molecular weight is 419 g/mol. The molecule has 28 heavy (non-hydrogen) atoms. The Labute approximate surface area is 158 Å². The lowest BCUT2D eigenvalue weighted by Gasteiger charge is -2.11. The Morgan fingerprint density at radius 1 is 1.04 bits per heavy atom. The molecular formula is C17H11F6N3OS. The number of aromatic nitrogens is 2. The molecule has 1 aromatic carbocycles. The molecule has 0 atom stereocenters. The molecule has 1 N–H and O–H groups in total. The van der Waals surface area contributed by atoms with Gasteiger partial charge in [0.25, 0.3) is 5.91 Å². The number of alkyl halides is 6. The number of halogens is 6. The molecule has 0 radical (unpaired) electrons. The van der Waals surface area contributed by atoms with E-state index in [2.05, 4.69) is 10.4 Å². The number of amides is 1. The van der Waals surface area contributed by atoms with E-state index in [1.807, 2.05) is 0 Å². The highest BCUT2D eigenvalue weighted by atomic mass is 32.1. The molecule has 3 aromatic rings. The van der Waals surface area contributed by atoms with Gasteiger partial charge in [-0.05, 0) is 48.2 Å². The SMILES string of the molecule is Cc1ccsc1C(=O)Nc1ccc(-n2nc(C(F)(F)F)cc2C(F)(F)F)cc1. The maximum atomic E-state index is 13.1. The zero-order valence-corrected chi connectivity index (χ0v) is 14.8. The minimum atomic E-state index is -5.03. The number of anilines is 1. The number of carbonyl (C=O) groups excluding carboxylic acids is 1. The Morgan fingerprint density at radius 3 is 2.18 bits per heavy atom. The van der Waals surface area contributed by atoms with E-state index in [0.717, 1.165) is 17.7 Å². The normalized spacial score (nSPS) is 12.2. The molecule has 0 bridgehead atoms. The first-order valence-electron chi connectivity index (χ1n) is 7.67. The zero-order valence-electron chi connectivity index (χ0n) is 14.0. The summed E-state index contributed by atoms with van der Waals surface area (Å²) < 4.78 is 77.8. The largest absolute Gasteiger partial charge is 0.435 e. The molecule has 0 fully saturated rings. The van der Waals surface area contributed by atoms with Crippen LogP contribution in [0.5, 0.6) is 0 Å². The minimum absolute atomic E-state index is 0.0464. The van der Waals surface area contributed by atoms with Crippen LogP contribution in [0.3, 0.4) is 0 Å². The summed E-state index contributed by atoms with van der Waals surface area (Å²) in [6, 6.07) is 6.56. The van der Waals surface area contributed by atoms with Crippen LogP contribution >= 0.6 is 11.3 Å². The number of benzene rings is 1. The van der Waals surface area contributed by atoms with E-state index in [-0.39, 0.29) is 22.1 Å². The van der Waals surface area contributed by atoms with Crippen LogP contribution in [-0.2, 0) is 12.4 Å². The predicted molar refractivity (Wildman–Crippen MR) is 90.6 cm³/mol. The Morgan fingerprint density at radius 2 is 1.68 bits per heavy atom. The van der Waals surface area contributed by atoms with Gasteiger partial charge in [0.15, 0.2) is 5.69 Å². The van der Waals surface area contributed by atoms with Crippen LogP contribution in [0.4, 0.5) is 32.0 Å². The van der Waals surface area contributed by atoms with E-state index in [9.17, 15) is 31.1 Å². The van der Waals surface area contributed by atoms with Gasteiger partial charge in [-0.3, -0.25) is 4.79 Å². The molecule has 0 aliphatic heterocycles. The molecule has 0 unspecified atom stereocenters. The van der Waals surface area contributed by atoms with E-state index >= 15 is 0 Å². The number of hydrogen-bond donors (Lipinski definition) is 1. The molecule has 0 aliphatic carbocycles. The van der Waals surface area contributed by atoms with E-state index in [1.165, 1.54) is 23.5 Å². The Balaban J connectivity index is 1.90. The van der Waals surface area contributed by atoms with Crippen molar-refractivity contribution in [1.29, 1.82) is 0 Å². The number of carbonyl (C=O) groups is 1. The van der Waals surface area contributed by atoms with Crippen molar-refractivity contribution in [2.24, 2.45) is 0 Å². The number of rotatable bonds is 3. The van der Waals surface area contributed by atoms with Crippen LogP contribution in [0, 0.1) is 6.92 Å². The molecule has 148 valence electrons. The summed E-state index contributed by atoms with van der Waals surface area (Å²) in [4.78, 5) is 12.6. The summed E-state index contributed by atoms with van der Waals surface area (Å²) in [7, 11) is 0. The fourth-order valence-electron chi connectivity index (χ4n) is 2.40. The Kier molecular flexibility index (Phi) is 4.96. The highest BCUT2D eigenvalue weighted by Gasteiger charge is 2.42.